The van der Waals surface area contributed by atoms with Gasteiger partial charge < -0.3 is 25.4 Å². The molecule has 1 amide bonds. The lowest BCUT2D eigenvalue weighted by atomic mass is 10.1. The summed E-state index contributed by atoms with van der Waals surface area (Å²) in [5.41, 5.74) is 0.828. The molecule has 4 N–H and O–H groups in total. The fourth-order valence-corrected chi connectivity index (χ4v) is 1.49. The molecular formula is C13H19NO5. The smallest absolute Gasteiger partial charge is 0.407 e. The minimum Gasteiger partial charge on any atom is -0.445 e. The maximum absolute atomic E-state index is 11.5. The largest absolute Gasteiger partial charge is 0.445 e. The minimum atomic E-state index is -1.26. The van der Waals surface area contributed by atoms with E-state index in [1.807, 2.05) is 18.2 Å². The van der Waals surface area contributed by atoms with Crippen LogP contribution < -0.4 is 5.32 Å². The Bertz CT molecular complexity index is 382. The number of alkyl carbamates (subject to hydrolysis) is 1. The molecule has 0 saturated carbocycles. The maximum atomic E-state index is 11.5. The predicted molar refractivity (Wildman–Crippen MR) is 68.3 cm³/mol. The zero-order valence-electron chi connectivity index (χ0n) is 10.7. The Balaban J connectivity index is 2.41. The van der Waals surface area contributed by atoms with Crippen LogP contribution in [-0.2, 0) is 11.3 Å². The molecule has 0 spiro atoms. The van der Waals surface area contributed by atoms with Gasteiger partial charge in [-0.15, -0.1) is 0 Å². The first kappa shape index (κ1) is 15.4. The summed E-state index contributed by atoms with van der Waals surface area (Å²) in [6.45, 7) is 0.965. The molecule has 3 atom stereocenters. The number of carbonyl (C=O) groups is 1. The Morgan fingerprint density at radius 3 is 2.47 bits per heavy atom. The number of rotatable bonds is 6. The summed E-state index contributed by atoms with van der Waals surface area (Å²) in [7, 11) is 0. The first-order valence-electron chi connectivity index (χ1n) is 5.98. The van der Waals surface area contributed by atoms with E-state index in [0.29, 0.717) is 0 Å². The molecule has 6 heteroatoms. The van der Waals surface area contributed by atoms with E-state index in [0.717, 1.165) is 5.56 Å². The Labute approximate surface area is 111 Å². The molecule has 3 unspecified atom stereocenters. The lowest BCUT2D eigenvalue weighted by Crippen LogP contribution is -2.50. The van der Waals surface area contributed by atoms with Crippen LogP contribution in [0.5, 0.6) is 0 Å². The van der Waals surface area contributed by atoms with Crippen LogP contribution in [0.2, 0.25) is 0 Å². The van der Waals surface area contributed by atoms with Crippen LogP contribution >= 0.6 is 0 Å². The van der Waals surface area contributed by atoms with Gasteiger partial charge in [-0.2, -0.15) is 0 Å². The third-order valence-electron chi connectivity index (χ3n) is 2.62. The van der Waals surface area contributed by atoms with Crippen LogP contribution in [0.15, 0.2) is 30.3 Å². The second kappa shape index (κ2) is 7.73. The van der Waals surface area contributed by atoms with Crippen LogP contribution in [0.1, 0.15) is 12.5 Å². The zero-order valence-corrected chi connectivity index (χ0v) is 10.7. The summed E-state index contributed by atoms with van der Waals surface area (Å²) >= 11 is 0. The average molecular weight is 269 g/mol. The number of nitrogens with one attached hydrogen (secondary N) is 1. The van der Waals surface area contributed by atoms with Crippen molar-refractivity contribution in [1.29, 1.82) is 0 Å². The second-order valence-electron chi connectivity index (χ2n) is 4.23. The molecular weight excluding hydrogens is 250 g/mol. The Morgan fingerprint density at radius 1 is 1.32 bits per heavy atom. The Morgan fingerprint density at radius 2 is 1.95 bits per heavy atom. The molecule has 106 valence electrons. The fraction of sp³-hybridized carbons (Fsp3) is 0.462. The van der Waals surface area contributed by atoms with Gasteiger partial charge in [0.05, 0.1) is 18.8 Å². The van der Waals surface area contributed by atoms with E-state index in [9.17, 15) is 15.0 Å². The average Bonchev–Trinajstić information content (AvgIpc) is 2.42. The summed E-state index contributed by atoms with van der Waals surface area (Å²) in [5, 5.41) is 30.1. The molecule has 0 aromatic heterocycles. The van der Waals surface area contributed by atoms with Crippen LogP contribution in [0.3, 0.4) is 0 Å². The highest BCUT2D eigenvalue weighted by molar-refractivity contribution is 5.67. The highest BCUT2D eigenvalue weighted by Crippen LogP contribution is 2.03. The molecule has 1 aromatic carbocycles. The van der Waals surface area contributed by atoms with E-state index >= 15 is 0 Å². The number of hydrogen-bond acceptors (Lipinski definition) is 5. The molecule has 1 rings (SSSR count). The summed E-state index contributed by atoms with van der Waals surface area (Å²) in [6.07, 6.45) is -3.08. The number of amides is 1. The lowest BCUT2D eigenvalue weighted by molar-refractivity contribution is -0.00742. The lowest BCUT2D eigenvalue weighted by Gasteiger charge is -2.23. The first-order chi connectivity index (χ1) is 9.04. The topological polar surface area (TPSA) is 99.0 Å². The Kier molecular flexibility index (Phi) is 6.27. The minimum absolute atomic E-state index is 0.0929. The van der Waals surface area contributed by atoms with Crippen molar-refractivity contribution in [2.45, 2.75) is 31.8 Å². The third kappa shape index (κ3) is 5.25. The number of benzene rings is 1. The molecule has 0 radical (unpaired) electrons. The molecule has 0 fully saturated rings. The van der Waals surface area contributed by atoms with Crippen LogP contribution in [0.25, 0.3) is 0 Å². The van der Waals surface area contributed by atoms with E-state index in [4.69, 9.17) is 9.84 Å². The highest BCUT2D eigenvalue weighted by Gasteiger charge is 2.24. The third-order valence-corrected chi connectivity index (χ3v) is 2.62. The van der Waals surface area contributed by atoms with E-state index in [2.05, 4.69) is 5.32 Å². The molecule has 0 aliphatic heterocycles. The predicted octanol–water partition coefficient (Wildman–Crippen LogP) is 0.0154. The van der Waals surface area contributed by atoms with E-state index in [1.54, 1.807) is 12.1 Å². The normalized spacial score (nSPS) is 15.4. The van der Waals surface area contributed by atoms with Crippen molar-refractivity contribution < 1.29 is 24.9 Å². The maximum Gasteiger partial charge on any atom is 0.407 e. The van der Waals surface area contributed by atoms with Crippen LogP contribution in [0.4, 0.5) is 4.79 Å². The van der Waals surface area contributed by atoms with Gasteiger partial charge in [0, 0.05) is 0 Å². The van der Waals surface area contributed by atoms with Crippen molar-refractivity contribution >= 4 is 6.09 Å². The molecule has 0 aliphatic rings. The second-order valence-corrected chi connectivity index (χ2v) is 4.23. The van der Waals surface area contributed by atoms with E-state index in [1.165, 1.54) is 6.92 Å². The monoisotopic (exact) mass is 269 g/mol. The van der Waals surface area contributed by atoms with Crippen LogP contribution in [-0.4, -0.2) is 46.3 Å². The quantitative estimate of drug-likeness (QED) is 0.583. The number of aliphatic hydroxyl groups is 3. The molecule has 6 nitrogen and oxygen atoms in total. The molecule has 0 saturated heterocycles. The SMILES string of the molecule is CC(O)C(O)C(CO)NC(=O)OCc1ccccc1. The molecule has 0 aliphatic carbocycles. The van der Waals surface area contributed by atoms with Crippen molar-refractivity contribution in [2.24, 2.45) is 0 Å². The van der Waals surface area contributed by atoms with Crippen molar-refractivity contribution in [1.82, 2.24) is 5.32 Å². The van der Waals surface area contributed by atoms with Gasteiger partial charge in [0.2, 0.25) is 0 Å². The van der Waals surface area contributed by atoms with Crippen LogP contribution in [0, 0.1) is 0 Å². The summed E-state index contributed by atoms with van der Waals surface area (Å²) in [4.78, 5) is 11.5. The van der Waals surface area contributed by atoms with Crippen molar-refractivity contribution in [2.75, 3.05) is 6.61 Å². The Hall–Kier alpha value is -1.63. The summed E-state index contributed by atoms with van der Waals surface area (Å²) in [6, 6.07) is 8.14. The zero-order chi connectivity index (χ0) is 14.3. The van der Waals surface area contributed by atoms with E-state index < -0.39 is 30.9 Å². The molecule has 0 heterocycles. The van der Waals surface area contributed by atoms with Gasteiger partial charge >= 0.3 is 6.09 Å². The fourth-order valence-electron chi connectivity index (χ4n) is 1.49. The van der Waals surface area contributed by atoms with Gasteiger partial charge in [-0.25, -0.2) is 4.79 Å². The van der Waals surface area contributed by atoms with Gasteiger partial charge in [0.15, 0.2) is 0 Å². The van der Waals surface area contributed by atoms with Crippen molar-refractivity contribution in [3.63, 3.8) is 0 Å². The van der Waals surface area contributed by atoms with Gasteiger partial charge in [0.1, 0.15) is 12.7 Å². The van der Waals surface area contributed by atoms with Gasteiger partial charge in [-0.3, -0.25) is 0 Å². The number of carbonyl (C=O) groups excluding carboxylic acids is 1. The summed E-state index contributed by atoms with van der Waals surface area (Å²) < 4.78 is 4.94. The van der Waals surface area contributed by atoms with Crippen molar-refractivity contribution in [3.8, 4) is 0 Å². The van der Waals surface area contributed by atoms with Gasteiger partial charge in [-0.1, -0.05) is 30.3 Å². The molecule has 1 aromatic rings. The van der Waals surface area contributed by atoms with Gasteiger partial charge in [0.25, 0.3) is 0 Å². The van der Waals surface area contributed by atoms with Crippen molar-refractivity contribution in [3.05, 3.63) is 35.9 Å². The van der Waals surface area contributed by atoms with Gasteiger partial charge in [-0.05, 0) is 12.5 Å². The molecule has 19 heavy (non-hydrogen) atoms. The highest BCUT2D eigenvalue weighted by atomic mass is 16.5. The summed E-state index contributed by atoms with van der Waals surface area (Å²) in [5.74, 6) is 0. The number of ether oxygens (including phenoxy) is 1. The number of aliphatic hydroxyl groups excluding tert-OH is 3. The standard InChI is InChI=1S/C13H19NO5/c1-9(16)12(17)11(7-15)14-13(18)19-8-10-5-3-2-4-6-10/h2-6,9,11-12,15-17H,7-8H2,1H3,(H,14,18). The first-order valence-corrected chi connectivity index (χ1v) is 5.98. The van der Waals surface area contributed by atoms with E-state index in [-0.39, 0.29) is 6.61 Å². The number of hydrogen-bond donors (Lipinski definition) is 4. The molecule has 0 bridgehead atoms.